The molecule has 0 saturated carbocycles. The second-order valence-electron chi connectivity index (χ2n) is 7.86. The Morgan fingerprint density at radius 3 is 2.29 bits per heavy atom. The Morgan fingerprint density at radius 1 is 1.09 bits per heavy atom. The largest absolute Gasteiger partial charge is 0.422 e. The van der Waals surface area contributed by atoms with E-state index in [9.17, 15) is 34.1 Å². The van der Waals surface area contributed by atoms with Crippen molar-refractivity contribution in [1.82, 2.24) is 0 Å². The van der Waals surface area contributed by atoms with Gasteiger partial charge in [-0.3, -0.25) is 34.1 Å². The van der Waals surface area contributed by atoms with Crippen LogP contribution >= 0.6 is 0 Å². The summed E-state index contributed by atoms with van der Waals surface area (Å²) >= 11 is 0. The van der Waals surface area contributed by atoms with Gasteiger partial charge in [-0.2, -0.15) is 0 Å². The number of nitro benzene ring substituents is 1. The molecule has 178 valence electrons. The summed E-state index contributed by atoms with van der Waals surface area (Å²) in [4.78, 5) is 72.7. The molecule has 0 aliphatic carbocycles. The number of carbonyl (C=O) groups excluding carboxylic acids is 5. The third kappa shape index (κ3) is 3.50. The molecule has 3 heterocycles. The zero-order valence-electron chi connectivity index (χ0n) is 18.1. The molecule has 13 heteroatoms. The van der Waals surface area contributed by atoms with E-state index in [0.717, 1.165) is 37.8 Å². The van der Waals surface area contributed by atoms with Gasteiger partial charge in [-0.25, -0.2) is 4.90 Å². The van der Waals surface area contributed by atoms with Crippen molar-refractivity contribution in [1.29, 1.82) is 0 Å². The molecule has 2 amide bonds. The van der Waals surface area contributed by atoms with Gasteiger partial charge in [0.25, 0.3) is 6.29 Å². The van der Waals surface area contributed by atoms with Gasteiger partial charge in [-0.05, 0) is 18.2 Å². The molecule has 4 rings (SSSR count). The van der Waals surface area contributed by atoms with Crippen LogP contribution in [0.3, 0.4) is 0 Å². The summed E-state index contributed by atoms with van der Waals surface area (Å²) in [6.07, 6.45) is 0.393. The van der Waals surface area contributed by atoms with Crippen molar-refractivity contribution in [3.63, 3.8) is 0 Å². The van der Waals surface area contributed by atoms with Crippen LogP contribution in [0.2, 0.25) is 0 Å². The van der Waals surface area contributed by atoms with Crippen LogP contribution in [0.4, 0.5) is 11.4 Å². The van der Waals surface area contributed by atoms with Gasteiger partial charge in [-0.15, -0.1) is 0 Å². The molecule has 1 aromatic rings. The summed E-state index contributed by atoms with van der Waals surface area (Å²) < 4.78 is 20.9. The number of fused-ring (bicyclic) bond motifs is 5. The van der Waals surface area contributed by atoms with E-state index in [2.05, 4.69) is 0 Å². The first-order valence-corrected chi connectivity index (χ1v) is 10.0. The fourth-order valence-corrected chi connectivity index (χ4v) is 4.50. The Kier molecular flexibility index (Phi) is 5.44. The summed E-state index contributed by atoms with van der Waals surface area (Å²) in [5.74, 6) is -6.53. The lowest BCUT2D eigenvalue weighted by atomic mass is 9.76. The summed E-state index contributed by atoms with van der Waals surface area (Å²) in [5.41, 5.74) is -2.51. The molecule has 0 radical (unpaired) electrons. The number of nitro groups is 1. The van der Waals surface area contributed by atoms with E-state index in [1.54, 1.807) is 0 Å². The third-order valence-corrected chi connectivity index (χ3v) is 5.64. The van der Waals surface area contributed by atoms with Crippen molar-refractivity contribution < 1.29 is 47.8 Å². The number of rotatable bonds is 6. The minimum atomic E-state index is -1.75. The molecule has 0 spiro atoms. The molecule has 13 nitrogen and oxygen atoms in total. The molecule has 2 bridgehead atoms. The lowest BCUT2D eigenvalue weighted by Crippen LogP contribution is -2.52. The number of amides is 2. The van der Waals surface area contributed by atoms with Crippen LogP contribution in [0, 0.1) is 22.0 Å². The molecular formula is C21H18N2O11. The maximum atomic E-state index is 13.5. The first kappa shape index (κ1) is 23.0. The van der Waals surface area contributed by atoms with Gasteiger partial charge < -0.3 is 18.9 Å². The van der Waals surface area contributed by atoms with Gasteiger partial charge in [0.1, 0.15) is 0 Å². The first-order valence-electron chi connectivity index (χ1n) is 10.0. The number of hydrogen-bond acceptors (Lipinski definition) is 11. The van der Waals surface area contributed by atoms with Crippen molar-refractivity contribution in [2.24, 2.45) is 11.8 Å². The topological polar surface area (TPSA) is 169 Å². The molecular weight excluding hydrogens is 456 g/mol. The highest BCUT2D eigenvalue weighted by molar-refractivity contribution is 6.23. The van der Waals surface area contributed by atoms with Crippen molar-refractivity contribution in [3.8, 4) is 5.75 Å². The van der Waals surface area contributed by atoms with E-state index in [4.69, 9.17) is 18.9 Å². The molecule has 3 aliphatic heterocycles. The van der Waals surface area contributed by atoms with Crippen molar-refractivity contribution in [2.45, 2.75) is 38.8 Å². The van der Waals surface area contributed by atoms with Crippen LogP contribution in [-0.2, 0) is 38.2 Å². The lowest BCUT2D eigenvalue weighted by Gasteiger charge is -2.34. The van der Waals surface area contributed by atoms with Crippen LogP contribution in [-0.4, -0.2) is 52.6 Å². The Hall–Kier alpha value is -4.13. The van der Waals surface area contributed by atoms with E-state index in [-0.39, 0.29) is 11.4 Å². The molecule has 3 aliphatic rings. The van der Waals surface area contributed by atoms with Gasteiger partial charge in [0.15, 0.2) is 5.60 Å². The van der Waals surface area contributed by atoms with Gasteiger partial charge in [0.05, 0.1) is 28.6 Å². The van der Waals surface area contributed by atoms with Crippen LogP contribution in [0.15, 0.2) is 30.4 Å². The van der Waals surface area contributed by atoms with Crippen molar-refractivity contribution in [2.75, 3.05) is 4.90 Å². The van der Waals surface area contributed by atoms with Crippen molar-refractivity contribution in [3.05, 3.63) is 40.5 Å². The smallest absolute Gasteiger partial charge is 0.313 e. The van der Waals surface area contributed by atoms with Crippen LogP contribution < -0.4 is 9.64 Å². The summed E-state index contributed by atoms with van der Waals surface area (Å²) in [7, 11) is 0. The standard InChI is InChI=1S/C21H18N2O11/c1-9(24)31-14-5-4-12(8-13(14)23(29)30)22-18(27)16-15-6-7-21(34-15,17(16)19(22)28)20(32-10(2)25)33-11(3)26/h4-8,15-17,20H,1-3H3/t15-,16-,17-,21-/m1/s1. The van der Waals surface area contributed by atoms with E-state index in [1.165, 1.54) is 18.2 Å². The molecule has 4 atom stereocenters. The predicted molar refractivity (Wildman–Crippen MR) is 108 cm³/mol. The first-order chi connectivity index (χ1) is 16.0. The highest BCUT2D eigenvalue weighted by Crippen LogP contribution is 2.55. The number of imide groups is 1. The SMILES string of the molecule is CC(=O)Oc1ccc(N2C(=O)[C@@H]3[C@H]4C=C[C@@](C(OC(C)=O)OC(C)=O)(O4)[C@H]3C2=O)cc1[N+](=O)[O-]. The number of ether oxygens (including phenoxy) is 4. The molecule has 2 fully saturated rings. The number of benzene rings is 1. The normalized spacial score (nSPS) is 26.6. The number of anilines is 1. The molecule has 0 N–H and O–H groups in total. The quantitative estimate of drug-likeness (QED) is 0.109. The summed E-state index contributed by atoms with van der Waals surface area (Å²) in [6, 6.07) is 3.26. The number of carbonyl (C=O) groups is 5. The summed E-state index contributed by atoms with van der Waals surface area (Å²) in [6.45, 7) is 3.22. The summed E-state index contributed by atoms with van der Waals surface area (Å²) in [5, 5.41) is 11.5. The molecule has 0 aromatic heterocycles. The minimum Gasteiger partial charge on any atom is -0.422 e. The molecule has 0 unspecified atom stereocenters. The van der Waals surface area contributed by atoms with Gasteiger partial charge in [0.2, 0.25) is 17.6 Å². The van der Waals surface area contributed by atoms with Gasteiger partial charge in [-0.1, -0.05) is 6.08 Å². The highest BCUT2D eigenvalue weighted by Gasteiger charge is 2.72. The zero-order chi connectivity index (χ0) is 24.9. The minimum absolute atomic E-state index is 0.127. The van der Waals surface area contributed by atoms with Gasteiger partial charge >= 0.3 is 23.6 Å². The van der Waals surface area contributed by atoms with E-state index < -0.39 is 70.2 Å². The average molecular weight is 474 g/mol. The van der Waals surface area contributed by atoms with E-state index >= 15 is 0 Å². The second kappa shape index (κ2) is 8.02. The number of hydrogen-bond donors (Lipinski definition) is 0. The highest BCUT2D eigenvalue weighted by atomic mass is 16.7. The Morgan fingerprint density at radius 2 is 1.74 bits per heavy atom. The van der Waals surface area contributed by atoms with Crippen LogP contribution in [0.5, 0.6) is 5.75 Å². The van der Waals surface area contributed by atoms with E-state index in [1.807, 2.05) is 0 Å². The Bertz CT molecular complexity index is 1160. The third-order valence-electron chi connectivity index (χ3n) is 5.64. The monoisotopic (exact) mass is 474 g/mol. The zero-order valence-corrected chi connectivity index (χ0v) is 18.1. The van der Waals surface area contributed by atoms with Crippen molar-refractivity contribution >= 4 is 41.1 Å². The van der Waals surface area contributed by atoms with E-state index in [0.29, 0.717) is 0 Å². The fourth-order valence-electron chi connectivity index (χ4n) is 4.50. The number of nitrogens with zero attached hydrogens (tertiary/aromatic N) is 2. The Balaban J connectivity index is 1.74. The fraction of sp³-hybridized carbons (Fsp3) is 0.381. The molecule has 34 heavy (non-hydrogen) atoms. The average Bonchev–Trinajstić information content (AvgIpc) is 3.38. The maximum absolute atomic E-state index is 13.5. The molecule has 2 saturated heterocycles. The maximum Gasteiger partial charge on any atom is 0.313 e. The number of esters is 3. The van der Waals surface area contributed by atoms with Gasteiger partial charge in [0, 0.05) is 26.8 Å². The predicted octanol–water partition coefficient (Wildman–Crippen LogP) is 0.785. The molecule has 1 aromatic carbocycles. The second-order valence-corrected chi connectivity index (χ2v) is 7.86. The Labute approximate surface area is 191 Å². The van der Waals surface area contributed by atoms with Crippen LogP contribution in [0.25, 0.3) is 0 Å². The van der Waals surface area contributed by atoms with Crippen LogP contribution in [0.1, 0.15) is 20.8 Å². The lowest BCUT2D eigenvalue weighted by molar-refractivity contribution is -0.385.